The highest BCUT2D eigenvalue weighted by Gasteiger charge is 2.31. The van der Waals surface area contributed by atoms with Crippen LogP contribution in [0.15, 0.2) is 0 Å². The summed E-state index contributed by atoms with van der Waals surface area (Å²) < 4.78 is 0. The van der Waals surface area contributed by atoms with Gasteiger partial charge in [-0.15, -0.1) is 11.3 Å². The Hall–Kier alpha value is -0.900. The van der Waals surface area contributed by atoms with Gasteiger partial charge in [0.2, 0.25) is 0 Å². The van der Waals surface area contributed by atoms with Crippen molar-refractivity contribution in [2.75, 3.05) is 0 Å². The minimum absolute atomic E-state index is 0.433. The number of hydrogen-bond acceptors (Lipinski definition) is 3. The molecule has 1 heterocycles. The van der Waals surface area contributed by atoms with Crippen molar-refractivity contribution in [3.8, 4) is 0 Å². The first-order chi connectivity index (χ1) is 7.72. The second kappa shape index (κ2) is 4.95. The lowest BCUT2D eigenvalue weighted by atomic mass is 10.2. The van der Waals surface area contributed by atoms with Gasteiger partial charge in [-0.2, -0.15) is 0 Å². The summed E-state index contributed by atoms with van der Waals surface area (Å²) in [6, 6.07) is 0. The van der Waals surface area contributed by atoms with Crippen LogP contribution < -0.4 is 0 Å². The fraction of sp³-hybridized carbons (Fsp3) is 0.667. The predicted molar refractivity (Wildman–Crippen MR) is 64.3 cm³/mol. The fourth-order valence-electron chi connectivity index (χ4n) is 1.80. The molecule has 0 aliphatic heterocycles. The number of aromatic nitrogens is 1. The Labute approximate surface area is 99.5 Å². The quantitative estimate of drug-likeness (QED) is 0.773. The maximum absolute atomic E-state index is 11.1. The number of aromatic carboxylic acids is 1. The van der Waals surface area contributed by atoms with Crippen LogP contribution in [0.2, 0.25) is 0 Å². The Morgan fingerprint density at radius 1 is 1.50 bits per heavy atom. The van der Waals surface area contributed by atoms with Crippen LogP contribution in [0.5, 0.6) is 0 Å². The second-order valence-corrected chi connectivity index (χ2v) is 5.44. The molecule has 0 saturated heterocycles. The van der Waals surface area contributed by atoms with Gasteiger partial charge in [0.05, 0.1) is 10.7 Å². The number of hydrogen-bond donors (Lipinski definition) is 1. The first kappa shape index (κ1) is 11.6. The molecule has 0 bridgehead atoms. The van der Waals surface area contributed by atoms with Gasteiger partial charge < -0.3 is 5.11 Å². The Morgan fingerprint density at radius 2 is 2.25 bits per heavy atom. The smallest absolute Gasteiger partial charge is 0.347 e. The van der Waals surface area contributed by atoms with E-state index in [1.54, 1.807) is 0 Å². The molecule has 0 aromatic carbocycles. The van der Waals surface area contributed by atoms with Crippen LogP contribution in [-0.4, -0.2) is 16.1 Å². The van der Waals surface area contributed by atoms with Crippen LogP contribution in [0, 0.1) is 0 Å². The first-order valence-corrected chi connectivity index (χ1v) is 6.77. The summed E-state index contributed by atoms with van der Waals surface area (Å²) in [5, 5.41) is 10.1. The molecule has 4 heteroatoms. The standard InChI is InChI=1S/C12H17NO2S/c1-2-3-4-5-9-13-10(8-6-7-8)11(16-9)12(14)15/h8H,2-7H2,1H3,(H,14,15). The lowest BCUT2D eigenvalue weighted by Crippen LogP contribution is -1.97. The normalized spacial score (nSPS) is 15.3. The van der Waals surface area contributed by atoms with E-state index in [1.165, 1.54) is 24.2 Å². The molecule has 0 amide bonds. The summed E-state index contributed by atoms with van der Waals surface area (Å²) >= 11 is 1.38. The zero-order valence-corrected chi connectivity index (χ0v) is 10.3. The molecule has 1 aromatic rings. The van der Waals surface area contributed by atoms with Crippen molar-refractivity contribution >= 4 is 17.3 Å². The minimum atomic E-state index is -0.804. The summed E-state index contributed by atoms with van der Waals surface area (Å²) in [6.07, 6.45) is 6.66. The van der Waals surface area contributed by atoms with Gasteiger partial charge in [0.25, 0.3) is 0 Å². The largest absolute Gasteiger partial charge is 0.477 e. The van der Waals surface area contributed by atoms with E-state index in [1.807, 2.05) is 0 Å². The molecule has 16 heavy (non-hydrogen) atoms. The average Bonchev–Trinajstić information content (AvgIpc) is 3.00. The van der Waals surface area contributed by atoms with Gasteiger partial charge in [-0.25, -0.2) is 9.78 Å². The SMILES string of the molecule is CCCCCc1nc(C2CC2)c(C(=O)O)s1. The molecule has 3 nitrogen and oxygen atoms in total. The summed E-state index contributed by atoms with van der Waals surface area (Å²) in [6.45, 7) is 2.17. The highest BCUT2D eigenvalue weighted by atomic mass is 32.1. The van der Waals surface area contributed by atoms with Gasteiger partial charge >= 0.3 is 5.97 Å². The van der Waals surface area contributed by atoms with Gasteiger partial charge in [-0.1, -0.05) is 19.8 Å². The number of carboxylic acid groups (broad SMARTS) is 1. The van der Waals surface area contributed by atoms with E-state index in [2.05, 4.69) is 11.9 Å². The molecule has 1 aromatic heterocycles. The molecule has 0 spiro atoms. The Bertz CT molecular complexity index is 382. The minimum Gasteiger partial charge on any atom is -0.477 e. The number of carbonyl (C=O) groups is 1. The zero-order chi connectivity index (χ0) is 11.5. The Kier molecular flexibility index (Phi) is 3.59. The summed E-state index contributed by atoms with van der Waals surface area (Å²) in [5.74, 6) is -0.372. The second-order valence-electron chi connectivity index (χ2n) is 4.36. The van der Waals surface area contributed by atoms with Gasteiger partial charge in [0.1, 0.15) is 4.88 Å². The molecule has 1 saturated carbocycles. The van der Waals surface area contributed by atoms with Crippen LogP contribution in [0.1, 0.15) is 65.3 Å². The number of rotatable bonds is 6. The predicted octanol–water partition coefficient (Wildman–Crippen LogP) is 3.45. The molecule has 0 atom stereocenters. The van der Waals surface area contributed by atoms with Crippen LogP contribution in [0.4, 0.5) is 0 Å². The zero-order valence-electron chi connectivity index (χ0n) is 9.53. The first-order valence-electron chi connectivity index (χ1n) is 5.95. The van der Waals surface area contributed by atoms with Crippen LogP contribution in [0.25, 0.3) is 0 Å². The lowest BCUT2D eigenvalue weighted by molar-refractivity contribution is 0.0700. The van der Waals surface area contributed by atoms with E-state index in [0.717, 1.165) is 36.4 Å². The molecule has 1 aliphatic carbocycles. The van der Waals surface area contributed by atoms with Crippen LogP contribution >= 0.6 is 11.3 Å². The molecule has 1 aliphatic rings. The summed E-state index contributed by atoms with van der Waals surface area (Å²) in [4.78, 5) is 16.1. The van der Waals surface area contributed by atoms with Gasteiger partial charge in [0, 0.05) is 5.92 Å². The number of carboxylic acids is 1. The monoisotopic (exact) mass is 239 g/mol. The molecule has 0 radical (unpaired) electrons. The van der Waals surface area contributed by atoms with E-state index in [-0.39, 0.29) is 0 Å². The fourth-order valence-corrected chi connectivity index (χ4v) is 2.83. The third kappa shape index (κ3) is 2.61. The van der Waals surface area contributed by atoms with Crippen LogP contribution in [-0.2, 0) is 6.42 Å². The van der Waals surface area contributed by atoms with E-state index in [0.29, 0.717) is 10.8 Å². The lowest BCUT2D eigenvalue weighted by Gasteiger charge is -1.93. The van der Waals surface area contributed by atoms with E-state index < -0.39 is 5.97 Å². The maximum Gasteiger partial charge on any atom is 0.347 e. The maximum atomic E-state index is 11.1. The summed E-state index contributed by atoms with van der Waals surface area (Å²) in [5.41, 5.74) is 0.851. The highest BCUT2D eigenvalue weighted by molar-refractivity contribution is 7.13. The van der Waals surface area contributed by atoms with Crippen LogP contribution in [0.3, 0.4) is 0 Å². The molecule has 2 rings (SSSR count). The molecule has 1 fully saturated rings. The van der Waals surface area contributed by atoms with E-state index in [4.69, 9.17) is 5.11 Å². The third-order valence-corrected chi connectivity index (χ3v) is 3.97. The van der Waals surface area contributed by atoms with Crippen molar-refractivity contribution in [3.05, 3.63) is 15.6 Å². The van der Waals surface area contributed by atoms with Gasteiger partial charge in [-0.3, -0.25) is 0 Å². The number of aryl methyl sites for hydroxylation is 1. The van der Waals surface area contributed by atoms with Crippen molar-refractivity contribution in [1.29, 1.82) is 0 Å². The average molecular weight is 239 g/mol. The molecule has 1 N–H and O–H groups in total. The van der Waals surface area contributed by atoms with E-state index in [9.17, 15) is 4.79 Å². The van der Waals surface area contributed by atoms with E-state index >= 15 is 0 Å². The van der Waals surface area contributed by atoms with Crippen molar-refractivity contribution in [1.82, 2.24) is 4.98 Å². The number of unbranched alkanes of at least 4 members (excludes halogenated alkanes) is 2. The summed E-state index contributed by atoms with van der Waals surface area (Å²) in [7, 11) is 0. The Morgan fingerprint density at radius 3 is 2.81 bits per heavy atom. The molecule has 88 valence electrons. The van der Waals surface area contributed by atoms with Crippen molar-refractivity contribution in [2.24, 2.45) is 0 Å². The molecular weight excluding hydrogens is 222 g/mol. The third-order valence-electron chi connectivity index (χ3n) is 2.85. The highest BCUT2D eigenvalue weighted by Crippen LogP contribution is 2.42. The Balaban J connectivity index is 2.08. The van der Waals surface area contributed by atoms with Crippen molar-refractivity contribution in [2.45, 2.75) is 51.4 Å². The molecule has 0 unspecified atom stereocenters. The van der Waals surface area contributed by atoms with Gasteiger partial charge in [-0.05, 0) is 25.7 Å². The topological polar surface area (TPSA) is 50.2 Å². The van der Waals surface area contributed by atoms with Gasteiger partial charge in [0.15, 0.2) is 0 Å². The number of nitrogens with zero attached hydrogens (tertiary/aromatic N) is 1. The van der Waals surface area contributed by atoms with Crippen molar-refractivity contribution < 1.29 is 9.90 Å². The van der Waals surface area contributed by atoms with Crippen molar-refractivity contribution in [3.63, 3.8) is 0 Å². The number of thiazole rings is 1. The molecular formula is C12H17NO2S.